The van der Waals surface area contributed by atoms with Crippen molar-refractivity contribution in [1.82, 2.24) is 5.32 Å². The summed E-state index contributed by atoms with van der Waals surface area (Å²) in [7, 11) is 0. The minimum atomic E-state index is -0.406. The molecule has 1 fully saturated rings. The Morgan fingerprint density at radius 1 is 1.72 bits per heavy atom. The molecule has 0 aromatic carbocycles. The minimum absolute atomic E-state index is 0.185. The van der Waals surface area contributed by atoms with Crippen molar-refractivity contribution in [3.8, 4) is 6.07 Å². The van der Waals surface area contributed by atoms with Gasteiger partial charge in [-0.05, 0) is 17.5 Å². The van der Waals surface area contributed by atoms with Crippen LogP contribution in [0.2, 0.25) is 0 Å². The first-order valence-corrected chi connectivity index (χ1v) is 6.24. The van der Waals surface area contributed by atoms with E-state index in [1.807, 2.05) is 17.5 Å². The van der Waals surface area contributed by atoms with Gasteiger partial charge in [0.1, 0.15) is 17.5 Å². The summed E-state index contributed by atoms with van der Waals surface area (Å²) in [5.41, 5.74) is 0. The lowest BCUT2D eigenvalue weighted by Crippen LogP contribution is -2.34. The molecule has 6 nitrogen and oxygen atoms in total. The van der Waals surface area contributed by atoms with Gasteiger partial charge in [0.15, 0.2) is 0 Å². The Kier molecular flexibility index (Phi) is 3.79. The van der Waals surface area contributed by atoms with Crippen LogP contribution in [0.3, 0.4) is 0 Å². The van der Waals surface area contributed by atoms with Crippen molar-refractivity contribution in [3.63, 3.8) is 0 Å². The molecule has 94 valence electrons. The van der Waals surface area contributed by atoms with Crippen LogP contribution in [0.25, 0.3) is 0 Å². The van der Waals surface area contributed by atoms with Crippen LogP contribution in [-0.2, 0) is 9.53 Å². The summed E-state index contributed by atoms with van der Waals surface area (Å²) in [5.74, 6) is -0.358. The third-order valence-electron chi connectivity index (χ3n) is 2.41. The Labute approximate surface area is 108 Å². The highest BCUT2D eigenvalue weighted by Gasteiger charge is 2.32. The van der Waals surface area contributed by atoms with Crippen LogP contribution in [0.15, 0.2) is 17.5 Å². The predicted octanol–water partition coefficient (Wildman–Crippen LogP) is 1.10. The molecule has 0 spiro atoms. The quantitative estimate of drug-likeness (QED) is 0.883. The molecular weight excluding hydrogens is 254 g/mol. The van der Waals surface area contributed by atoms with Crippen molar-refractivity contribution in [3.05, 3.63) is 17.5 Å². The summed E-state index contributed by atoms with van der Waals surface area (Å²) in [4.78, 5) is 24.2. The van der Waals surface area contributed by atoms with Crippen molar-refractivity contribution in [2.45, 2.75) is 12.5 Å². The van der Waals surface area contributed by atoms with Gasteiger partial charge in [0, 0.05) is 0 Å². The highest BCUT2D eigenvalue weighted by atomic mass is 32.1. The van der Waals surface area contributed by atoms with Gasteiger partial charge < -0.3 is 10.1 Å². The molecule has 2 amide bonds. The third kappa shape index (κ3) is 2.78. The predicted molar refractivity (Wildman–Crippen MR) is 65.2 cm³/mol. The number of nitriles is 1. The highest BCUT2D eigenvalue weighted by molar-refractivity contribution is 7.14. The molecule has 2 heterocycles. The molecule has 2 rings (SSSR count). The molecule has 1 aromatic rings. The Morgan fingerprint density at radius 2 is 2.56 bits per heavy atom. The van der Waals surface area contributed by atoms with E-state index in [0.29, 0.717) is 6.54 Å². The molecule has 0 bridgehead atoms. The molecule has 1 aliphatic heterocycles. The average molecular weight is 265 g/mol. The summed E-state index contributed by atoms with van der Waals surface area (Å²) >= 11 is 1.45. The lowest BCUT2D eigenvalue weighted by Gasteiger charge is -2.10. The van der Waals surface area contributed by atoms with Gasteiger partial charge in [-0.25, -0.2) is 4.79 Å². The molecule has 0 aliphatic carbocycles. The molecule has 7 heteroatoms. The van der Waals surface area contributed by atoms with Crippen molar-refractivity contribution >= 4 is 28.3 Å². The highest BCUT2D eigenvalue weighted by Crippen LogP contribution is 2.25. The number of amides is 2. The fourth-order valence-electron chi connectivity index (χ4n) is 1.59. The first-order chi connectivity index (χ1) is 8.70. The zero-order valence-corrected chi connectivity index (χ0v) is 10.3. The summed E-state index contributed by atoms with van der Waals surface area (Å²) in [6, 6.07) is 5.45. The van der Waals surface area contributed by atoms with Gasteiger partial charge in [-0.15, -0.1) is 11.3 Å². The maximum Gasteiger partial charge on any atom is 0.415 e. The molecule has 1 N–H and O–H groups in total. The van der Waals surface area contributed by atoms with Crippen LogP contribution in [-0.4, -0.2) is 31.2 Å². The number of nitrogens with zero attached hydrogens (tertiary/aromatic N) is 2. The Hall–Kier alpha value is -2.07. The van der Waals surface area contributed by atoms with Crippen molar-refractivity contribution in [1.29, 1.82) is 5.26 Å². The summed E-state index contributed by atoms with van der Waals surface area (Å²) in [6.45, 7) is 0.639. The molecule has 1 aliphatic rings. The summed E-state index contributed by atoms with van der Waals surface area (Å²) in [6.07, 6.45) is -0.964. The maximum atomic E-state index is 11.6. The SMILES string of the molecule is N#CCC(=O)NCC1CN(c2cccs2)C(=O)O1. The largest absolute Gasteiger partial charge is 0.442 e. The van der Waals surface area contributed by atoms with Crippen LogP contribution in [0.4, 0.5) is 9.80 Å². The molecule has 1 atom stereocenters. The number of ether oxygens (including phenoxy) is 1. The zero-order valence-electron chi connectivity index (χ0n) is 9.46. The topological polar surface area (TPSA) is 82.4 Å². The van der Waals surface area contributed by atoms with Crippen LogP contribution in [0, 0.1) is 11.3 Å². The van der Waals surface area contributed by atoms with Gasteiger partial charge in [0.2, 0.25) is 5.91 Å². The first kappa shape index (κ1) is 12.4. The van der Waals surface area contributed by atoms with Crippen LogP contribution in [0.5, 0.6) is 0 Å². The van der Waals surface area contributed by atoms with Crippen LogP contribution < -0.4 is 10.2 Å². The molecule has 1 aromatic heterocycles. The second-order valence-corrected chi connectivity index (χ2v) is 4.63. The summed E-state index contributed by atoms with van der Waals surface area (Å²) in [5, 5.41) is 13.6. The van der Waals surface area contributed by atoms with E-state index in [1.165, 1.54) is 16.2 Å². The van der Waals surface area contributed by atoms with Crippen molar-refractivity contribution in [2.75, 3.05) is 18.0 Å². The van der Waals surface area contributed by atoms with E-state index in [4.69, 9.17) is 10.00 Å². The van der Waals surface area contributed by atoms with Gasteiger partial charge in [0.25, 0.3) is 0 Å². The van der Waals surface area contributed by atoms with Gasteiger partial charge in [-0.1, -0.05) is 0 Å². The van der Waals surface area contributed by atoms with Gasteiger partial charge >= 0.3 is 6.09 Å². The standard InChI is InChI=1S/C11H11N3O3S/c12-4-3-9(15)13-6-8-7-14(11(16)17-8)10-2-1-5-18-10/h1-2,5,8H,3,6-7H2,(H,13,15). The average Bonchev–Trinajstić information content (AvgIpc) is 2.95. The van der Waals surface area contributed by atoms with Crippen LogP contribution >= 0.6 is 11.3 Å². The number of anilines is 1. The number of cyclic esters (lactones) is 1. The number of rotatable bonds is 4. The third-order valence-corrected chi connectivity index (χ3v) is 3.30. The number of carbonyl (C=O) groups excluding carboxylic acids is 2. The first-order valence-electron chi connectivity index (χ1n) is 5.36. The fourth-order valence-corrected chi connectivity index (χ4v) is 2.32. The molecule has 0 radical (unpaired) electrons. The summed E-state index contributed by atoms with van der Waals surface area (Å²) < 4.78 is 5.12. The van der Waals surface area contributed by atoms with E-state index >= 15 is 0 Å². The Morgan fingerprint density at radius 3 is 3.22 bits per heavy atom. The number of hydrogen-bond acceptors (Lipinski definition) is 5. The second kappa shape index (κ2) is 5.51. The lowest BCUT2D eigenvalue weighted by atomic mass is 10.3. The van der Waals surface area contributed by atoms with Gasteiger partial charge in [-0.2, -0.15) is 5.26 Å². The molecule has 0 saturated carbocycles. The van der Waals surface area contributed by atoms with Crippen molar-refractivity contribution in [2.24, 2.45) is 0 Å². The molecular formula is C11H11N3O3S. The van der Waals surface area contributed by atoms with Gasteiger partial charge in [0.05, 0.1) is 19.2 Å². The van der Waals surface area contributed by atoms with E-state index in [-0.39, 0.29) is 25.0 Å². The zero-order chi connectivity index (χ0) is 13.0. The van der Waals surface area contributed by atoms with Gasteiger partial charge in [-0.3, -0.25) is 9.69 Å². The number of thiophene rings is 1. The van der Waals surface area contributed by atoms with Crippen molar-refractivity contribution < 1.29 is 14.3 Å². The van der Waals surface area contributed by atoms with E-state index in [0.717, 1.165) is 5.00 Å². The van der Waals surface area contributed by atoms with E-state index < -0.39 is 6.09 Å². The fraction of sp³-hybridized carbons (Fsp3) is 0.364. The normalized spacial score (nSPS) is 18.3. The second-order valence-electron chi connectivity index (χ2n) is 3.71. The molecule has 18 heavy (non-hydrogen) atoms. The minimum Gasteiger partial charge on any atom is -0.442 e. The Balaban J connectivity index is 1.86. The lowest BCUT2D eigenvalue weighted by molar-refractivity contribution is -0.120. The molecule has 1 saturated heterocycles. The number of carbonyl (C=O) groups is 2. The van der Waals surface area contributed by atoms with E-state index in [9.17, 15) is 9.59 Å². The maximum absolute atomic E-state index is 11.6. The van der Waals surface area contributed by atoms with Crippen LogP contribution in [0.1, 0.15) is 6.42 Å². The molecule has 1 unspecified atom stereocenters. The number of hydrogen-bond donors (Lipinski definition) is 1. The number of nitrogens with one attached hydrogen (secondary N) is 1. The smallest absolute Gasteiger partial charge is 0.415 e. The van der Waals surface area contributed by atoms with E-state index in [1.54, 1.807) is 6.07 Å². The Bertz CT molecular complexity index is 480. The van der Waals surface area contributed by atoms with E-state index in [2.05, 4.69) is 5.32 Å². The monoisotopic (exact) mass is 265 g/mol.